The predicted molar refractivity (Wildman–Crippen MR) is 121 cm³/mol. The van der Waals surface area contributed by atoms with E-state index in [1.807, 2.05) is 37.3 Å². The number of nitrogens with one attached hydrogen (secondary N) is 1. The van der Waals surface area contributed by atoms with Crippen molar-refractivity contribution in [1.29, 1.82) is 0 Å². The van der Waals surface area contributed by atoms with Crippen LogP contribution in [0.5, 0.6) is 0 Å². The quantitative estimate of drug-likeness (QED) is 0.694. The van der Waals surface area contributed by atoms with Gasteiger partial charge in [0.15, 0.2) is 0 Å². The number of hydrogen-bond acceptors (Lipinski definition) is 4. The zero-order chi connectivity index (χ0) is 21.7. The zero-order valence-corrected chi connectivity index (χ0v) is 18.2. The number of benzene rings is 2. The van der Waals surface area contributed by atoms with E-state index in [4.69, 9.17) is 4.74 Å². The van der Waals surface area contributed by atoms with E-state index in [0.29, 0.717) is 32.7 Å². The molecule has 2 saturated heterocycles. The number of nitrogens with zero attached hydrogens (tertiary/aromatic N) is 2. The largest absolute Gasteiger partial charge is 0.466 e. The van der Waals surface area contributed by atoms with E-state index in [0.717, 1.165) is 31.6 Å². The van der Waals surface area contributed by atoms with Gasteiger partial charge < -0.3 is 10.1 Å². The lowest BCUT2D eigenvalue weighted by atomic mass is 9.75. The van der Waals surface area contributed by atoms with Gasteiger partial charge in [-0.2, -0.15) is 0 Å². The maximum atomic E-state index is 13.1. The van der Waals surface area contributed by atoms with E-state index in [1.54, 1.807) is 4.90 Å². The van der Waals surface area contributed by atoms with Crippen molar-refractivity contribution in [2.24, 2.45) is 5.41 Å². The van der Waals surface area contributed by atoms with Gasteiger partial charge in [-0.15, -0.1) is 0 Å². The van der Waals surface area contributed by atoms with E-state index < -0.39 is 5.41 Å². The third kappa shape index (κ3) is 4.90. The summed E-state index contributed by atoms with van der Waals surface area (Å²) in [6.07, 6.45) is 2.52. The van der Waals surface area contributed by atoms with E-state index >= 15 is 0 Å². The van der Waals surface area contributed by atoms with Crippen LogP contribution >= 0.6 is 0 Å². The second-order valence-corrected chi connectivity index (χ2v) is 8.53. The Kier molecular flexibility index (Phi) is 6.56. The van der Waals surface area contributed by atoms with Crippen molar-refractivity contribution in [3.63, 3.8) is 0 Å². The molecular weight excluding hydrogens is 390 g/mol. The monoisotopic (exact) mass is 421 g/mol. The number of piperidine rings is 1. The van der Waals surface area contributed by atoms with Gasteiger partial charge in [-0.25, -0.2) is 4.79 Å². The van der Waals surface area contributed by atoms with Gasteiger partial charge in [0.1, 0.15) is 0 Å². The van der Waals surface area contributed by atoms with Crippen LogP contribution in [-0.2, 0) is 22.5 Å². The lowest BCUT2D eigenvalue weighted by Crippen LogP contribution is -2.49. The molecule has 2 aromatic carbocycles. The molecule has 164 valence electrons. The predicted octanol–water partition coefficient (Wildman–Crippen LogP) is 3.60. The molecule has 0 aliphatic carbocycles. The fraction of sp³-hybridized carbons (Fsp3) is 0.440. The SMILES string of the molecule is CCOC(=O)C1(Cc2ccccc2)CCCN(Cc2ccc(N3CCNC3=O)cc2)C1. The normalized spacial score (nSPS) is 21.7. The van der Waals surface area contributed by atoms with E-state index in [9.17, 15) is 9.59 Å². The molecule has 2 fully saturated rings. The minimum Gasteiger partial charge on any atom is -0.466 e. The van der Waals surface area contributed by atoms with Crippen molar-refractivity contribution >= 4 is 17.7 Å². The van der Waals surface area contributed by atoms with Crippen molar-refractivity contribution in [2.45, 2.75) is 32.7 Å². The van der Waals surface area contributed by atoms with Gasteiger partial charge in [-0.1, -0.05) is 42.5 Å². The fourth-order valence-corrected chi connectivity index (χ4v) is 4.77. The Morgan fingerprint density at radius 3 is 2.52 bits per heavy atom. The summed E-state index contributed by atoms with van der Waals surface area (Å²) in [4.78, 5) is 29.1. The number of anilines is 1. The molecule has 2 amide bonds. The summed E-state index contributed by atoms with van der Waals surface area (Å²) >= 11 is 0. The first-order valence-corrected chi connectivity index (χ1v) is 11.2. The van der Waals surface area contributed by atoms with Crippen molar-refractivity contribution in [1.82, 2.24) is 10.2 Å². The molecule has 2 heterocycles. The summed E-state index contributed by atoms with van der Waals surface area (Å²) in [5.41, 5.74) is 2.76. The third-order valence-corrected chi connectivity index (χ3v) is 6.26. The summed E-state index contributed by atoms with van der Waals surface area (Å²) in [6, 6.07) is 18.4. The summed E-state index contributed by atoms with van der Waals surface area (Å²) in [6.45, 7) is 6.10. The Labute approximate surface area is 184 Å². The highest BCUT2D eigenvalue weighted by Crippen LogP contribution is 2.36. The molecule has 0 aromatic heterocycles. The van der Waals surface area contributed by atoms with Crippen LogP contribution in [0.15, 0.2) is 54.6 Å². The van der Waals surface area contributed by atoms with Crippen LogP contribution in [0, 0.1) is 5.41 Å². The molecule has 0 saturated carbocycles. The van der Waals surface area contributed by atoms with Gasteiger partial charge in [-0.3, -0.25) is 14.6 Å². The van der Waals surface area contributed by atoms with E-state index in [-0.39, 0.29) is 12.0 Å². The number of carbonyl (C=O) groups excluding carboxylic acids is 2. The average Bonchev–Trinajstić information content (AvgIpc) is 3.21. The molecule has 2 aromatic rings. The van der Waals surface area contributed by atoms with Gasteiger partial charge in [-0.05, 0) is 56.0 Å². The Morgan fingerprint density at radius 1 is 1.06 bits per heavy atom. The number of likely N-dealkylation sites (tertiary alicyclic amines) is 1. The van der Waals surface area contributed by atoms with Crippen LogP contribution in [-0.4, -0.2) is 49.7 Å². The molecule has 0 radical (unpaired) electrons. The smallest absolute Gasteiger partial charge is 0.321 e. The molecule has 2 aliphatic rings. The second-order valence-electron chi connectivity index (χ2n) is 8.53. The van der Waals surface area contributed by atoms with Crippen LogP contribution in [0.1, 0.15) is 30.9 Å². The van der Waals surface area contributed by atoms with Gasteiger partial charge in [0.2, 0.25) is 0 Å². The Morgan fingerprint density at radius 2 is 1.84 bits per heavy atom. The molecule has 1 atom stereocenters. The highest BCUT2D eigenvalue weighted by Gasteiger charge is 2.43. The van der Waals surface area contributed by atoms with E-state index in [1.165, 1.54) is 11.1 Å². The number of carbonyl (C=O) groups is 2. The third-order valence-electron chi connectivity index (χ3n) is 6.26. The first-order valence-electron chi connectivity index (χ1n) is 11.2. The van der Waals surface area contributed by atoms with Gasteiger partial charge in [0.05, 0.1) is 12.0 Å². The van der Waals surface area contributed by atoms with Crippen LogP contribution in [0.25, 0.3) is 0 Å². The van der Waals surface area contributed by atoms with Crippen LogP contribution < -0.4 is 10.2 Å². The van der Waals surface area contributed by atoms with Crippen LogP contribution in [0.4, 0.5) is 10.5 Å². The van der Waals surface area contributed by atoms with Gasteiger partial charge >= 0.3 is 12.0 Å². The number of esters is 1. The maximum absolute atomic E-state index is 13.1. The van der Waals surface area contributed by atoms with Crippen molar-refractivity contribution in [3.8, 4) is 0 Å². The van der Waals surface area contributed by atoms with Crippen LogP contribution in [0.2, 0.25) is 0 Å². The first-order chi connectivity index (χ1) is 15.1. The minimum absolute atomic E-state index is 0.0380. The topological polar surface area (TPSA) is 61.9 Å². The van der Waals surface area contributed by atoms with Crippen LogP contribution in [0.3, 0.4) is 0 Å². The van der Waals surface area contributed by atoms with Gasteiger partial charge in [0.25, 0.3) is 0 Å². The number of amides is 2. The molecule has 0 bridgehead atoms. The van der Waals surface area contributed by atoms with Crippen molar-refractivity contribution in [2.75, 3.05) is 37.7 Å². The molecule has 2 aliphatic heterocycles. The summed E-state index contributed by atoms with van der Waals surface area (Å²) in [7, 11) is 0. The molecular formula is C25H31N3O3. The number of urea groups is 1. The highest BCUT2D eigenvalue weighted by atomic mass is 16.5. The van der Waals surface area contributed by atoms with E-state index in [2.05, 4.69) is 34.5 Å². The molecule has 31 heavy (non-hydrogen) atoms. The molecule has 1 unspecified atom stereocenters. The molecule has 4 rings (SSSR count). The van der Waals surface area contributed by atoms with Gasteiger partial charge in [0, 0.05) is 31.9 Å². The second kappa shape index (κ2) is 9.52. The van der Waals surface area contributed by atoms with Crippen molar-refractivity contribution < 1.29 is 14.3 Å². The number of ether oxygens (including phenoxy) is 1. The molecule has 6 heteroatoms. The lowest BCUT2D eigenvalue weighted by Gasteiger charge is -2.41. The highest BCUT2D eigenvalue weighted by molar-refractivity contribution is 5.93. The minimum atomic E-state index is -0.511. The molecule has 0 spiro atoms. The summed E-state index contributed by atoms with van der Waals surface area (Å²) in [5, 5.41) is 2.83. The Balaban J connectivity index is 1.47. The molecule has 6 nitrogen and oxygen atoms in total. The van der Waals surface area contributed by atoms with Crippen molar-refractivity contribution in [3.05, 3.63) is 65.7 Å². The summed E-state index contributed by atoms with van der Waals surface area (Å²) < 4.78 is 5.53. The maximum Gasteiger partial charge on any atom is 0.321 e. The zero-order valence-electron chi connectivity index (χ0n) is 18.2. The number of rotatable bonds is 7. The fourth-order valence-electron chi connectivity index (χ4n) is 4.77. The lowest BCUT2D eigenvalue weighted by molar-refractivity contribution is -0.159. The summed E-state index contributed by atoms with van der Waals surface area (Å²) in [5.74, 6) is -0.0843. The number of hydrogen-bond donors (Lipinski definition) is 1. The molecule has 1 N–H and O–H groups in total. The Hall–Kier alpha value is -2.86. The Bertz CT molecular complexity index is 900. The first kappa shape index (κ1) is 21.4. The average molecular weight is 422 g/mol. The standard InChI is InChI=1S/C25H31N3O3/c1-2-31-23(29)25(17-20-7-4-3-5-8-20)13-6-15-27(19-25)18-21-9-11-22(12-10-21)28-16-14-26-24(28)30/h3-5,7-12H,2,6,13-19H2,1H3,(H,26,30).